The van der Waals surface area contributed by atoms with Gasteiger partial charge in [-0.25, -0.2) is 0 Å². The quantitative estimate of drug-likeness (QED) is 0.635. The topological polar surface area (TPSA) is 60.1 Å². The Morgan fingerprint density at radius 2 is 2.04 bits per heavy atom. The van der Waals surface area contributed by atoms with E-state index >= 15 is 0 Å². The molecule has 7 heteroatoms. The Balaban J connectivity index is 1.75. The van der Waals surface area contributed by atoms with Crippen LogP contribution in [0.4, 0.5) is 5.69 Å². The molecule has 0 fully saturated rings. The molecule has 0 atom stereocenters. The second-order valence-corrected chi connectivity index (χ2v) is 6.98. The lowest BCUT2D eigenvalue weighted by Crippen LogP contribution is -2.12. The lowest BCUT2D eigenvalue weighted by atomic mass is 10.2. The second kappa shape index (κ2) is 7.06. The van der Waals surface area contributed by atoms with E-state index in [1.165, 1.54) is 0 Å². The zero-order valence-corrected chi connectivity index (χ0v) is 16.4. The van der Waals surface area contributed by atoms with Crippen LogP contribution in [0.2, 0.25) is 5.02 Å². The number of anilines is 1. The standard InChI is InChI=1S/C18H17BrClN3O2/c1-10-14(20)5-4-6-15(10)21-18(24)16-8-7-13(25-16)9-23-12(3)17(19)11(2)22-23/h4-8H,9H2,1-3H3,(H,21,24). The number of nitrogens with one attached hydrogen (secondary N) is 1. The minimum atomic E-state index is -0.314. The first-order chi connectivity index (χ1) is 11.9. The first kappa shape index (κ1) is 17.8. The first-order valence-electron chi connectivity index (χ1n) is 7.71. The normalized spacial score (nSPS) is 10.9. The molecule has 1 N–H and O–H groups in total. The number of nitrogens with zero attached hydrogens (tertiary/aromatic N) is 2. The molecule has 0 aliphatic carbocycles. The number of aryl methyl sites for hydroxylation is 1. The molecule has 25 heavy (non-hydrogen) atoms. The number of aromatic nitrogens is 2. The Bertz CT molecular complexity index is 946. The number of hydrogen-bond donors (Lipinski definition) is 1. The molecule has 3 aromatic rings. The van der Waals surface area contributed by atoms with Crippen molar-refractivity contribution in [3.63, 3.8) is 0 Å². The molecule has 0 radical (unpaired) electrons. The number of furan rings is 1. The van der Waals surface area contributed by atoms with E-state index in [2.05, 4.69) is 26.3 Å². The summed E-state index contributed by atoms with van der Waals surface area (Å²) >= 11 is 9.58. The number of hydrogen-bond acceptors (Lipinski definition) is 3. The Labute approximate surface area is 159 Å². The van der Waals surface area contributed by atoms with E-state index in [9.17, 15) is 4.79 Å². The van der Waals surface area contributed by atoms with Crippen molar-refractivity contribution in [1.29, 1.82) is 0 Å². The Morgan fingerprint density at radius 3 is 2.72 bits per heavy atom. The van der Waals surface area contributed by atoms with E-state index in [4.69, 9.17) is 16.0 Å². The van der Waals surface area contributed by atoms with E-state index in [0.717, 1.165) is 21.4 Å². The van der Waals surface area contributed by atoms with Crippen LogP contribution >= 0.6 is 27.5 Å². The van der Waals surface area contributed by atoms with Gasteiger partial charge in [0.1, 0.15) is 5.76 Å². The van der Waals surface area contributed by atoms with E-state index in [1.54, 1.807) is 30.3 Å². The molecule has 0 saturated carbocycles. The van der Waals surface area contributed by atoms with E-state index in [0.29, 0.717) is 23.0 Å². The van der Waals surface area contributed by atoms with Crippen LogP contribution in [0.15, 0.2) is 39.2 Å². The SMILES string of the molecule is Cc1nn(Cc2ccc(C(=O)Nc3cccc(Cl)c3C)o2)c(C)c1Br. The molecule has 0 aliphatic rings. The molecule has 0 bridgehead atoms. The molecular formula is C18H17BrClN3O2. The van der Waals surface area contributed by atoms with Crippen LogP contribution in [0.5, 0.6) is 0 Å². The van der Waals surface area contributed by atoms with Crippen LogP contribution < -0.4 is 5.32 Å². The highest BCUT2D eigenvalue weighted by Gasteiger charge is 2.15. The van der Waals surface area contributed by atoms with Gasteiger partial charge in [-0.1, -0.05) is 17.7 Å². The molecule has 5 nitrogen and oxygen atoms in total. The van der Waals surface area contributed by atoms with Crippen LogP contribution in [0.3, 0.4) is 0 Å². The van der Waals surface area contributed by atoms with Crippen LogP contribution in [0.25, 0.3) is 0 Å². The van der Waals surface area contributed by atoms with Gasteiger partial charge in [-0.15, -0.1) is 0 Å². The van der Waals surface area contributed by atoms with Gasteiger partial charge in [-0.2, -0.15) is 5.10 Å². The third kappa shape index (κ3) is 3.65. The molecule has 0 unspecified atom stereocenters. The van der Waals surface area contributed by atoms with Crippen LogP contribution in [0, 0.1) is 20.8 Å². The van der Waals surface area contributed by atoms with Crippen molar-refractivity contribution < 1.29 is 9.21 Å². The fourth-order valence-electron chi connectivity index (χ4n) is 2.49. The summed E-state index contributed by atoms with van der Waals surface area (Å²) in [6, 6.07) is 8.81. The maximum absolute atomic E-state index is 12.4. The number of benzene rings is 1. The minimum absolute atomic E-state index is 0.245. The highest BCUT2D eigenvalue weighted by molar-refractivity contribution is 9.10. The Hall–Kier alpha value is -2.05. The van der Waals surface area contributed by atoms with Crippen molar-refractivity contribution in [2.45, 2.75) is 27.3 Å². The summed E-state index contributed by atoms with van der Waals surface area (Å²) in [4.78, 5) is 12.4. The lowest BCUT2D eigenvalue weighted by molar-refractivity contribution is 0.0994. The van der Waals surface area contributed by atoms with Crippen molar-refractivity contribution in [2.24, 2.45) is 0 Å². The van der Waals surface area contributed by atoms with Gasteiger partial charge in [0.15, 0.2) is 5.76 Å². The highest BCUT2D eigenvalue weighted by atomic mass is 79.9. The molecule has 2 heterocycles. The molecule has 1 aromatic carbocycles. The van der Waals surface area contributed by atoms with E-state index in [1.807, 2.05) is 25.5 Å². The molecule has 0 aliphatic heterocycles. The number of carbonyl (C=O) groups excluding carboxylic acids is 1. The summed E-state index contributed by atoms with van der Waals surface area (Å²) in [7, 11) is 0. The van der Waals surface area contributed by atoms with Crippen LogP contribution in [-0.4, -0.2) is 15.7 Å². The minimum Gasteiger partial charge on any atom is -0.454 e. The van der Waals surface area contributed by atoms with Crippen molar-refractivity contribution >= 4 is 39.1 Å². The smallest absolute Gasteiger partial charge is 0.291 e. The summed E-state index contributed by atoms with van der Waals surface area (Å²) in [5.74, 6) is 0.590. The molecule has 1 amide bonds. The van der Waals surface area contributed by atoms with Gasteiger partial charge in [0, 0.05) is 10.7 Å². The second-order valence-electron chi connectivity index (χ2n) is 5.77. The van der Waals surface area contributed by atoms with Gasteiger partial charge < -0.3 is 9.73 Å². The van der Waals surface area contributed by atoms with Gasteiger partial charge in [-0.05, 0) is 66.5 Å². The molecule has 3 rings (SSSR count). The van der Waals surface area contributed by atoms with E-state index in [-0.39, 0.29) is 11.7 Å². The van der Waals surface area contributed by atoms with Crippen molar-refractivity contribution in [1.82, 2.24) is 9.78 Å². The molecule has 2 aromatic heterocycles. The van der Waals surface area contributed by atoms with E-state index < -0.39 is 0 Å². The zero-order chi connectivity index (χ0) is 18.1. The average molecular weight is 423 g/mol. The van der Waals surface area contributed by atoms with Gasteiger partial charge in [0.05, 0.1) is 22.4 Å². The maximum Gasteiger partial charge on any atom is 0.291 e. The van der Waals surface area contributed by atoms with Gasteiger partial charge in [0.25, 0.3) is 5.91 Å². The number of rotatable bonds is 4. The number of halogens is 2. The summed E-state index contributed by atoms with van der Waals surface area (Å²) in [5.41, 5.74) is 3.41. The summed E-state index contributed by atoms with van der Waals surface area (Å²) in [5, 5.41) is 7.87. The van der Waals surface area contributed by atoms with Crippen molar-refractivity contribution in [2.75, 3.05) is 5.32 Å². The fraction of sp³-hybridized carbons (Fsp3) is 0.222. The first-order valence-corrected chi connectivity index (χ1v) is 8.88. The molecule has 0 spiro atoms. The summed E-state index contributed by atoms with van der Waals surface area (Å²) in [6.45, 7) is 6.22. The maximum atomic E-state index is 12.4. The van der Waals surface area contributed by atoms with Gasteiger partial charge >= 0.3 is 0 Å². The Morgan fingerprint density at radius 1 is 1.28 bits per heavy atom. The largest absolute Gasteiger partial charge is 0.454 e. The van der Waals surface area contributed by atoms with Crippen molar-refractivity contribution in [3.05, 3.63) is 68.3 Å². The molecule has 130 valence electrons. The fourth-order valence-corrected chi connectivity index (χ4v) is 2.95. The van der Waals surface area contributed by atoms with Gasteiger partial charge in [-0.3, -0.25) is 9.48 Å². The molecular weight excluding hydrogens is 406 g/mol. The van der Waals surface area contributed by atoms with Gasteiger partial charge in [0.2, 0.25) is 0 Å². The van der Waals surface area contributed by atoms with Crippen LogP contribution in [0.1, 0.15) is 33.3 Å². The monoisotopic (exact) mass is 421 g/mol. The zero-order valence-electron chi connectivity index (χ0n) is 14.1. The highest BCUT2D eigenvalue weighted by Crippen LogP contribution is 2.24. The summed E-state index contributed by atoms with van der Waals surface area (Å²) < 4.78 is 8.49. The third-order valence-corrected chi connectivity index (χ3v) is 5.56. The summed E-state index contributed by atoms with van der Waals surface area (Å²) in [6.07, 6.45) is 0. The average Bonchev–Trinajstić information content (AvgIpc) is 3.13. The Kier molecular flexibility index (Phi) is 5.01. The lowest BCUT2D eigenvalue weighted by Gasteiger charge is -2.08. The van der Waals surface area contributed by atoms with Crippen molar-refractivity contribution in [3.8, 4) is 0 Å². The molecule has 0 saturated heterocycles. The third-order valence-electron chi connectivity index (χ3n) is 4.00. The number of carbonyl (C=O) groups is 1. The number of amides is 1. The predicted molar refractivity (Wildman–Crippen MR) is 101 cm³/mol. The van der Waals surface area contributed by atoms with Crippen LogP contribution in [-0.2, 0) is 6.54 Å². The predicted octanol–water partition coefficient (Wildman–Crippen LogP) is 5.12.